The van der Waals surface area contributed by atoms with Crippen LogP contribution in [0.3, 0.4) is 0 Å². The first kappa shape index (κ1) is 33.4. The predicted octanol–water partition coefficient (Wildman–Crippen LogP) is 6.08. The Hall–Kier alpha value is -4.09. The molecular formula is C37H40Cl2N6O4. The second-order valence-corrected chi connectivity index (χ2v) is 13.8. The average molecular weight is 704 g/mol. The highest BCUT2D eigenvalue weighted by Crippen LogP contribution is 2.45. The summed E-state index contributed by atoms with van der Waals surface area (Å²) < 4.78 is 14.1. The number of carbonyl (C=O) groups excluding carboxylic acids is 2. The van der Waals surface area contributed by atoms with E-state index in [9.17, 15) is 9.59 Å². The summed E-state index contributed by atoms with van der Waals surface area (Å²) in [5, 5.41) is 10.2. The van der Waals surface area contributed by atoms with Crippen LogP contribution in [0, 0.1) is 0 Å². The summed E-state index contributed by atoms with van der Waals surface area (Å²) in [6.07, 6.45) is 3.92. The number of amides is 2. The number of methoxy groups -OCH3 is 1. The number of carbonyl (C=O) groups is 2. The molecule has 3 heterocycles. The van der Waals surface area contributed by atoms with E-state index in [1.807, 2.05) is 48.0 Å². The van der Waals surface area contributed by atoms with Crippen LogP contribution in [0.1, 0.15) is 64.1 Å². The van der Waals surface area contributed by atoms with Crippen LogP contribution in [0.15, 0.2) is 48.5 Å². The molecule has 1 aliphatic carbocycles. The molecule has 2 amide bonds. The molecule has 1 saturated heterocycles. The standard InChI is InChI=1S/C37H40Cl2N6O4/c1-44-16-14-30-29(20-44)42-35(45(30)2)37(47)43-27-10-5-9-25(34(27)39)22-7-4-8-24-23(22)12-13-31(24)49-33-18-32(48-3)21(17-26(33)38)19-41-28-11-6-15-40-36(28)46/h4-5,7-10,17-18,28,31,41H,6,11-16,19-20H2,1-3H3,(H,40,46)(H,43,47). The number of fused-ring (bicyclic) bond motifs is 2. The van der Waals surface area contributed by atoms with Crippen LogP contribution in [0.4, 0.5) is 5.69 Å². The number of rotatable bonds is 9. The minimum Gasteiger partial charge on any atom is -0.496 e. The molecule has 7 rings (SSSR count). The molecular weight excluding hydrogens is 663 g/mol. The molecule has 3 N–H and O–H groups in total. The van der Waals surface area contributed by atoms with Gasteiger partial charge in [-0.05, 0) is 61.6 Å². The lowest BCUT2D eigenvalue weighted by atomic mass is 9.96. The molecule has 12 heteroatoms. The fraction of sp³-hybridized carbons (Fsp3) is 0.378. The van der Waals surface area contributed by atoms with Gasteiger partial charge in [0.25, 0.3) is 5.91 Å². The Bertz CT molecular complexity index is 1930. The van der Waals surface area contributed by atoms with Crippen molar-refractivity contribution < 1.29 is 19.1 Å². The van der Waals surface area contributed by atoms with Gasteiger partial charge in [-0.1, -0.05) is 53.5 Å². The molecule has 256 valence electrons. The van der Waals surface area contributed by atoms with Crippen molar-refractivity contribution in [2.75, 3.05) is 32.6 Å². The first-order chi connectivity index (χ1) is 23.7. The van der Waals surface area contributed by atoms with Gasteiger partial charge in [-0.25, -0.2) is 4.98 Å². The van der Waals surface area contributed by atoms with Crippen LogP contribution in [-0.2, 0) is 37.8 Å². The van der Waals surface area contributed by atoms with E-state index >= 15 is 0 Å². The topological polar surface area (TPSA) is 110 Å². The van der Waals surface area contributed by atoms with Crippen molar-refractivity contribution in [1.29, 1.82) is 0 Å². The third-order valence-corrected chi connectivity index (χ3v) is 10.5. The zero-order chi connectivity index (χ0) is 34.2. The molecule has 0 bridgehead atoms. The van der Waals surface area contributed by atoms with E-state index in [4.69, 9.17) is 32.7 Å². The summed E-state index contributed by atoms with van der Waals surface area (Å²) in [5.41, 5.74) is 7.46. The predicted molar refractivity (Wildman–Crippen MR) is 191 cm³/mol. The molecule has 0 spiro atoms. The number of likely N-dealkylation sites (N-methyl/N-ethyl adjacent to an activating group) is 1. The summed E-state index contributed by atoms with van der Waals surface area (Å²) in [4.78, 5) is 32.5. The Morgan fingerprint density at radius 3 is 2.69 bits per heavy atom. The van der Waals surface area contributed by atoms with Crippen LogP contribution >= 0.6 is 23.2 Å². The van der Waals surface area contributed by atoms with Crippen LogP contribution < -0.4 is 25.4 Å². The maximum atomic E-state index is 13.4. The van der Waals surface area contributed by atoms with Gasteiger partial charge in [0.2, 0.25) is 5.91 Å². The van der Waals surface area contributed by atoms with Gasteiger partial charge < -0.3 is 34.9 Å². The molecule has 0 radical (unpaired) electrons. The minimum atomic E-state index is -0.293. The smallest absolute Gasteiger partial charge is 0.291 e. The molecule has 3 aromatic carbocycles. The number of hydrogen-bond donors (Lipinski definition) is 3. The molecule has 3 aliphatic rings. The zero-order valence-electron chi connectivity index (χ0n) is 27.9. The molecule has 49 heavy (non-hydrogen) atoms. The van der Waals surface area contributed by atoms with E-state index in [2.05, 4.69) is 45.0 Å². The largest absolute Gasteiger partial charge is 0.496 e. The van der Waals surface area contributed by atoms with Crippen molar-refractivity contribution >= 4 is 40.7 Å². The SMILES string of the molecule is COc1cc(OC2CCc3c(-c4cccc(NC(=O)c5nc6c(n5C)CCN(C)C6)c4Cl)cccc32)c(Cl)cc1CNC1CCCNC1=O. The maximum Gasteiger partial charge on any atom is 0.291 e. The van der Waals surface area contributed by atoms with Gasteiger partial charge in [-0.15, -0.1) is 0 Å². The minimum absolute atomic E-state index is 0.0177. The fourth-order valence-electron chi connectivity index (χ4n) is 7.22. The summed E-state index contributed by atoms with van der Waals surface area (Å²) in [7, 11) is 5.56. The number of nitrogens with one attached hydrogen (secondary N) is 3. The number of piperidine rings is 1. The molecule has 10 nitrogen and oxygen atoms in total. The lowest BCUT2D eigenvalue weighted by Gasteiger charge is -2.24. The lowest BCUT2D eigenvalue weighted by molar-refractivity contribution is -0.124. The summed E-state index contributed by atoms with van der Waals surface area (Å²) in [6.45, 7) is 2.82. The van der Waals surface area contributed by atoms with E-state index in [0.717, 1.165) is 84.4 Å². The normalized spacial score (nSPS) is 18.8. The zero-order valence-corrected chi connectivity index (χ0v) is 29.4. The van der Waals surface area contributed by atoms with Crippen molar-refractivity contribution in [2.45, 2.75) is 57.3 Å². The number of aromatic nitrogens is 2. The van der Waals surface area contributed by atoms with Gasteiger partial charge in [0.1, 0.15) is 17.6 Å². The Morgan fingerprint density at radius 2 is 1.88 bits per heavy atom. The van der Waals surface area contributed by atoms with Gasteiger partial charge in [-0.3, -0.25) is 9.59 Å². The van der Waals surface area contributed by atoms with Crippen molar-refractivity contribution in [3.63, 3.8) is 0 Å². The van der Waals surface area contributed by atoms with Gasteiger partial charge in [-0.2, -0.15) is 0 Å². The number of anilines is 1. The molecule has 2 aliphatic heterocycles. The summed E-state index contributed by atoms with van der Waals surface area (Å²) >= 11 is 13.8. The highest BCUT2D eigenvalue weighted by molar-refractivity contribution is 6.36. The maximum absolute atomic E-state index is 13.4. The van der Waals surface area contributed by atoms with Gasteiger partial charge in [0.05, 0.1) is 34.6 Å². The number of halogens is 2. The van der Waals surface area contributed by atoms with E-state index < -0.39 is 0 Å². The number of imidazole rings is 1. The molecule has 0 saturated carbocycles. The Morgan fingerprint density at radius 1 is 1.06 bits per heavy atom. The van der Waals surface area contributed by atoms with Crippen LogP contribution in [0.5, 0.6) is 11.5 Å². The second kappa shape index (κ2) is 14.0. The fourth-order valence-corrected chi connectivity index (χ4v) is 7.72. The number of benzene rings is 3. The van der Waals surface area contributed by atoms with Crippen molar-refractivity contribution in [3.05, 3.63) is 92.5 Å². The van der Waals surface area contributed by atoms with Crippen molar-refractivity contribution in [2.24, 2.45) is 7.05 Å². The highest BCUT2D eigenvalue weighted by Gasteiger charge is 2.30. The molecule has 1 fully saturated rings. The lowest BCUT2D eigenvalue weighted by Crippen LogP contribution is -2.47. The van der Waals surface area contributed by atoms with Crippen molar-refractivity contribution in [1.82, 2.24) is 25.1 Å². The molecule has 1 aromatic heterocycles. The van der Waals surface area contributed by atoms with Gasteiger partial charge in [0, 0.05) is 62.5 Å². The molecule has 4 aromatic rings. The van der Waals surface area contributed by atoms with Crippen molar-refractivity contribution in [3.8, 4) is 22.6 Å². The Balaban J connectivity index is 1.09. The number of ether oxygens (including phenoxy) is 2. The molecule has 2 atom stereocenters. The van der Waals surface area contributed by atoms with E-state index in [-0.39, 0.29) is 24.0 Å². The third kappa shape index (κ3) is 6.62. The third-order valence-electron chi connectivity index (χ3n) is 9.83. The van der Waals surface area contributed by atoms with E-state index in [0.29, 0.717) is 46.1 Å². The monoisotopic (exact) mass is 702 g/mol. The quantitative estimate of drug-likeness (QED) is 0.194. The van der Waals surface area contributed by atoms with E-state index in [1.54, 1.807) is 7.11 Å². The Kier molecular flexibility index (Phi) is 9.57. The Labute approximate surface area is 296 Å². The first-order valence-corrected chi connectivity index (χ1v) is 17.5. The highest BCUT2D eigenvalue weighted by atomic mass is 35.5. The van der Waals surface area contributed by atoms with E-state index in [1.165, 1.54) is 0 Å². The molecule has 2 unspecified atom stereocenters. The van der Waals surface area contributed by atoms with Gasteiger partial charge in [0.15, 0.2) is 5.82 Å². The van der Waals surface area contributed by atoms with Crippen LogP contribution in [-0.4, -0.2) is 59.6 Å². The second-order valence-electron chi connectivity index (χ2n) is 13.0. The average Bonchev–Trinajstić information content (AvgIpc) is 3.66. The first-order valence-electron chi connectivity index (χ1n) is 16.7. The van der Waals surface area contributed by atoms with Crippen LogP contribution in [0.2, 0.25) is 10.0 Å². The van der Waals surface area contributed by atoms with Gasteiger partial charge >= 0.3 is 0 Å². The summed E-state index contributed by atoms with van der Waals surface area (Å²) in [6, 6.07) is 15.3. The number of nitrogens with zero attached hydrogens (tertiary/aromatic N) is 3. The van der Waals surface area contributed by atoms with Crippen LogP contribution in [0.25, 0.3) is 11.1 Å². The number of hydrogen-bond acceptors (Lipinski definition) is 7. The summed E-state index contributed by atoms with van der Waals surface area (Å²) in [5.74, 6) is 1.27.